The highest BCUT2D eigenvalue weighted by Crippen LogP contribution is 2.25. The zero-order valence-electron chi connectivity index (χ0n) is 8.81. The summed E-state index contributed by atoms with van der Waals surface area (Å²) < 4.78 is 7.78. The molecule has 3 rings (SSSR count). The number of hydrogen-bond acceptors (Lipinski definition) is 2. The highest BCUT2D eigenvalue weighted by molar-refractivity contribution is 5.54. The van der Waals surface area contributed by atoms with Gasteiger partial charge in [0.1, 0.15) is 5.76 Å². The lowest BCUT2D eigenvalue weighted by Gasteiger charge is -2.25. The fraction of sp³-hybridized carbons (Fsp3) is 0.333. The van der Waals surface area contributed by atoms with Crippen LogP contribution in [0.3, 0.4) is 0 Å². The first-order valence-electron chi connectivity index (χ1n) is 5.25. The lowest BCUT2D eigenvalue weighted by Crippen LogP contribution is -2.30. The highest BCUT2D eigenvalue weighted by atomic mass is 16.3. The Balaban J connectivity index is 2.05. The van der Waals surface area contributed by atoms with Gasteiger partial charge in [0.15, 0.2) is 0 Å². The number of rotatable bonds is 1. The van der Waals surface area contributed by atoms with Crippen LogP contribution in [0.1, 0.15) is 5.69 Å². The molecule has 0 aromatic carbocycles. The molecule has 0 saturated heterocycles. The molecule has 2 aromatic rings. The molecule has 0 amide bonds. The van der Waals surface area contributed by atoms with Gasteiger partial charge in [0.25, 0.3) is 0 Å². The predicted octanol–water partition coefficient (Wildman–Crippen LogP) is 2.19. The van der Waals surface area contributed by atoms with Crippen molar-refractivity contribution in [2.24, 2.45) is 0 Å². The normalized spacial score (nSPS) is 16.6. The highest BCUT2D eigenvalue weighted by Gasteiger charge is 2.17. The molecule has 0 spiro atoms. The van der Waals surface area contributed by atoms with Crippen LogP contribution >= 0.6 is 0 Å². The average Bonchev–Trinajstić information content (AvgIpc) is 2.82. The van der Waals surface area contributed by atoms with Crippen molar-refractivity contribution in [1.29, 1.82) is 0 Å². The van der Waals surface area contributed by atoms with Crippen LogP contribution in [-0.4, -0.2) is 23.1 Å². The molecule has 1 aliphatic rings. The van der Waals surface area contributed by atoms with Gasteiger partial charge >= 0.3 is 0 Å². The van der Waals surface area contributed by atoms with E-state index in [0.717, 1.165) is 25.4 Å². The summed E-state index contributed by atoms with van der Waals surface area (Å²) in [6, 6.07) is 8.28. The third-order valence-electron chi connectivity index (χ3n) is 2.98. The summed E-state index contributed by atoms with van der Waals surface area (Å²) in [6.45, 7) is 3.19. The van der Waals surface area contributed by atoms with Crippen LogP contribution in [0, 0.1) is 0 Å². The minimum Gasteiger partial charge on any atom is -0.463 e. The zero-order chi connectivity index (χ0) is 10.3. The minimum atomic E-state index is 0.964. The first-order valence-corrected chi connectivity index (χ1v) is 5.25. The quantitative estimate of drug-likeness (QED) is 0.707. The van der Waals surface area contributed by atoms with E-state index in [-0.39, 0.29) is 0 Å². The summed E-state index contributed by atoms with van der Waals surface area (Å²) in [5, 5.41) is 0. The first kappa shape index (κ1) is 8.80. The third-order valence-corrected chi connectivity index (χ3v) is 2.98. The predicted molar refractivity (Wildman–Crippen MR) is 58.5 cm³/mol. The number of likely N-dealkylation sites (N-methyl/N-ethyl adjacent to an activating group) is 1. The van der Waals surface area contributed by atoms with Gasteiger partial charge in [0.2, 0.25) is 0 Å². The molecule has 0 N–H and O–H groups in total. The maximum Gasteiger partial charge on any atom is 0.150 e. The molecule has 0 saturated carbocycles. The van der Waals surface area contributed by atoms with Crippen LogP contribution < -0.4 is 0 Å². The molecule has 0 atom stereocenters. The topological polar surface area (TPSA) is 21.3 Å². The monoisotopic (exact) mass is 202 g/mol. The van der Waals surface area contributed by atoms with Gasteiger partial charge in [-0.3, -0.25) is 4.90 Å². The molecule has 3 heterocycles. The largest absolute Gasteiger partial charge is 0.463 e. The van der Waals surface area contributed by atoms with E-state index in [2.05, 4.69) is 28.6 Å². The second kappa shape index (κ2) is 3.28. The molecular weight excluding hydrogens is 188 g/mol. The Morgan fingerprint density at radius 2 is 2.13 bits per heavy atom. The number of aromatic nitrogens is 1. The summed E-state index contributed by atoms with van der Waals surface area (Å²) >= 11 is 0. The number of nitrogens with zero attached hydrogens (tertiary/aromatic N) is 2. The maximum atomic E-state index is 5.44. The van der Waals surface area contributed by atoms with Crippen molar-refractivity contribution in [1.82, 2.24) is 9.47 Å². The number of fused-ring (bicyclic) bond motifs is 1. The lowest BCUT2D eigenvalue weighted by atomic mass is 10.3. The van der Waals surface area contributed by atoms with Crippen LogP contribution in [0.15, 0.2) is 34.9 Å². The lowest BCUT2D eigenvalue weighted by molar-refractivity contribution is 0.270. The van der Waals surface area contributed by atoms with Crippen molar-refractivity contribution in [3.63, 3.8) is 0 Å². The van der Waals surface area contributed by atoms with E-state index in [9.17, 15) is 0 Å². The van der Waals surface area contributed by atoms with Crippen molar-refractivity contribution < 1.29 is 4.42 Å². The van der Waals surface area contributed by atoms with E-state index in [4.69, 9.17) is 4.42 Å². The van der Waals surface area contributed by atoms with Crippen LogP contribution in [0.25, 0.3) is 11.5 Å². The van der Waals surface area contributed by atoms with E-state index in [1.807, 2.05) is 12.1 Å². The summed E-state index contributed by atoms with van der Waals surface area (Å²) in [7, 11) is 2.16. The molecule has 0 radical (unpaired) electrons. The summed E-state index contributed by atoms with van der Waals surface area (Å²) in [4.78, 5) is 2.33. The van der Waals surface area contributed by atoms with Crippen LogP contribution in [-0.2, 0) is 13.1 Å². The molecule has 3 heteroatoms. The Bertz CT molecular complexity index is 456. The van der Waals surface area contributed by atoms with E-state index < -0.39 is 0 Å². The van der Waals surface area contributed by atoms with E-state index >= 15 is 0 Å². The first-order chi connectivity index (χ1) is 7.34. The fourth-order valence-corrected chi connectivity index (χ4v) is 2.18. The average molecular weight is 202 g/mol. The van der Waals surface area contributed by atoms with Gasteiger partial charge in [-0.15, -0.1) is 0 Å². The van der Waals surface area contributed by atoms with Gasteiger partial charge in [-0.2, -0.15) is 0 Å². The Morgan fingerprint density at radius 3 is 2.93 bits per heavy atom. The van der Waals surface area contributed by atoms with Crippen molar-refractivity contribution in [3.8, 4) is 11.5 Å². The van der Waals surface area contributed by atoms with Crippen LogP contribution in [0.5, 0.6) is 0 Å². The number of hydrogen-bond donors (Lipinski definition) is 0. The van der Waals surface area contributed by atoms with Gasteiger partial charge in [-0.1, -0.05) is 0 Å². The van der Waals surface area contributed by atoms with Gasteiger partial charge in [0, 0.05) is 25.3 Å². The maximum absolute atomic E-state index is 5.44. The zero-order valence-corrected chi connectivity index (χ0v) is 8.81. The Labute approximate surface area is 88.9 Å². The second-order valence-corrected chi connectivity index (χ2v) is 4.08. The molecule has 3 nitrogen and oxygen atoms in total. The van der Waals surface area contributed by atoms with Crippen molar-refractivity contribution >= 4 is 0 Å². The summed E-state index contributed by atoms with van der Waals surface area (Å²) in [5.41, 5.74) is 2.57. The Kier molecular flexibility index (Phi) is 1.92. The van der Waals surface area contributed by atoms with E-state index in [1.54, 1.807) is 6.26 Å². The molecule has 78 valence electrons. The van der Waals surface area contributed by atoms with E-state index in [0.29, 0.717) is 0 Å². The van der Waals surface area contributed by atoms with E-state index in [1.165, 1.54) is 11.4 Å². The van der Waals surface area contributed by atoms with Gasteiger partial charge in [0.05, 0.1) is 12.0 Å². The van der Waals surface area contributed by atoms with Gasteiger partial charge < -0.3 is 8.98 Å². The smallest absolute Gasteiger partial charge is 0.150 e. The second-order valence-electron chi connectivity index (χ2n) is 4.08. The number of furan rings is 1. The molecule has 0 fully saturated rings. The molecule has 0 unspecified atom stereocenters. The summed E-state index contributed by atoms with van der Waals surface area (Å²) in [6.07, 6.45) is 1.73. The van der Waals surface area contributed by atoms with Crippen LogP contribution in [0.4, 0.5) is 0 Å². The molecule has 1 aliphatic heterocycles. The summed E-state index contributed by atoms with van der Waals surface area (Å²) in [5.74, 6) is 0.964. The van der Waals surface area contributed by atoms with Crippen molar-refractivity contribution in [2.45, 2.75) is 13.1 Å². The van der Waals surface area contributed by atoms with Gasteiger partial charge in [-0.05, 0) is 31.3 Å². The molecule has 15 heavy (non-hydrogen) atoms. The third kappa shape index (κ3) is 1.39. The Morgan fingerprint density at radius 1 is 1.20 bits per heavy atom. The van der Waals surface area contributed by atoms with Crippen molar-refractivity contribution in [3.05, 3.63) is 36.2 Å². The molecule has 0 aliphatic carbocycles. The molecule has 0 bridgehead atoms. The SMILES string of the molecule is CN1CCn2c(ccc2-c2ccco2)C1. The van der Waals surface area contributed by atoms with Crippen molar-refractivity contribution in [2.75, 3.05) is 13.6 Å². The molecular formula is C12H14N2O. The molecule has 2 aromatic heterocycles. The Hall–Kier alpha value is -1.48. The standard InChI is InChI=1S/C12H14N2O/c1-13-6-7-14-10(9-13)4-5-11(14)12-3-2-8-15-12/h2-5,8H,6-7,9H2,1H3. The minimum absolute atomic E-state index is 0.964. The van der Waals surface area contributed by atoms with Gasteiger partial charge in [-0.25, -0.2) is 0 Å². The van der Waals surface area contributed by atoms with Crippen LogP contribution in [0.2, 0.25) is 0 Å². The fourth-order valence-electron chi connectivity index (χ4n) is 2.18.